The molecule has 0 saturated carbocycles. The van der Waals surface area contributed by atoms with Crippen molar-refractivity contribution in [2.75, 3.05) is 4.90 Å². The minimum Gasteiger partial charge on any atom is -0.347 e. The van der Waals surface area contributed by atoms with E-state index in [4.69, 9.17) is 11.6 Å². The Morgan fingerprint density at radius 3 is 2.44 bits per heavy atom. The Morgan fingerprint density at radius 1 is 1.08 bits per heavy atom. The molecule has 3 aromatic rings. The molecule has 10 heteroatoms. The maximum Gasteiger partial charge on any atom is 0.416 e. The van der Waals surface area contributed by atoms with Gasteiger partial charge in [-0.3, -0.25) is 14.5 Å². The minimum absolute atomic E-state index is 0.0904. The lowest BCUT2D eigenvalue weighted by molar-refractivity contribution is -0.137. The number of amides is 2. The van der Waals surface area contributed by atoms with Crippen molar-refractivity contribution in [2.24, 2.45) is 0 Å². The number of aryl methyl sites for hydroxylation is 2. The highest BCUT2D eigenvalue weighted by molar-refractivity contribution is 8.05. The van der Waals surface area contributed by atoms with Gasteiger partial charge in [-0.2, -0.15) is 18.4 Å². The third-order valence-electron chi connectivity index (χ3n) is 6.33. The van der Waals surface area contributed by atoms with Crippen molar-refractivity contribution in [3.63, 3.8) is 0 Å². The summed E-state index contributed by atoms with van der Waals surface area (Å²) in [4.78, 5) is 28.1. The van der Waals surface area contributed by atoms with Crippen LogP contribution in [0.3, 0.4) is 0 Å². The lowest BCUT2D eigenvalue weighted by Crippen LogP contribution is -2.32. The van der Waals surface area contributed by atoms with E-state index in [1.807, 2.05) is 56.3 Å². The van der Waals surface area contributed by atoms with Gasteiger partial charge in [0.15, 0.2) is 0 Å². The number of nitrogens with zero attached hydrogens (tertiary/aromatic N) is 2. The van der Waals surface area contributed by atoms with Gasteiger partial charge in [-0.1, -0.05) is 59.8 Å². The molecule has 0 radical (unpaired) electrons. The molecule has 1 aliphatic heterocycles. The van der Waals surface area contributed by atoms with Crippen LogP contribution in [0.25, 0.3) is 0 Å². The molecule has 0 aromatic heterocycles. The van der Waals surface area contributed by atoms with E-state index in [-0.39, 0.29) is 34.2 Å². The van der Waals surface area contributed by atoms with Gasteiger partial charge in [-0.15, -0.1) is 0 Å². The van der Waals surface area contributed by atoms with Crippen molar-refractivity contribution in [1.82, 2.24) is 5.32 Å². The van der Waals surface area contributed by atoms with Crippen molar-refractivity contribution in [2.45, 2.75) is 38.2 Å². The van der Waals surface area contributed by atoms with E-state index in [9.17, 15) is 28.0 Å². The van der Waals surface area contributed by atoms with Gasteiger partial charge in [0.1, 0.15) is 16.7 Å². The van der Waals surface area contributed by atoms with Crippen LogP contribution in [-0.4, -0.2) is 17.1 Å². The first-order chi connectivity index (χ1) is 18.5. The molecule has 0 aliphatic carbocycles. The number of halogens is 4. The smallest absolute Gasteiger partial charge is 0.347 e. The number of benzene rings is 3. The number of carbonyl (C=O) groups is 2. The van der Waals surface area contributed by atoms with Crippen LogP contribution in [0.4, 0.5) is 18.9 Å². The second-order valence-corrected chi connectivity index (χ2v) is 10.6. The molecule has 1 heterocycles. The molecule has 1 N–H and O–H groups in total. The van der Waals surface area contributed by atoms with Crippen LogP contribution in [0, 0.1) is 25.2 Å². The summed E-state index contributed by atoms with van der Waals surface area (Å²) in [5.74, 6) is -1.13. The van der Waals surface area contributed by atoms with Crippen molar-refractivity contribution in [3.8, 4) is 6.07 Å². The summed E-state index contributed by atoms with van der Waals surface area (Å²) in [6, 6.07) is 19.3. The van der Waals surface area contributed by atoms with Gasteiger partial charge >= 0.3 is 6.18 Å². The molecule has 2 amide bonds. The zero-order valence-corrected chi connectivity index (χ0v) is 22.5. The molecule has 1 aliphatic rings. The van der Waals surface area contributed by atoms with E-state index in [2.05, 4.69) is 5.32 Å². The quantitative estimate of drug-likeness (QED) is 0.264. The van der Waals surface area contributed by atoms with Gasteiger partial charge in [0.2, 0.25) is 5.91 Å². The van der Waals surface area contributed by atoms with E-state index in [0.717, 1.165) is 46.7 Å². The lowest BCUT2D eigenvalue weighted by Gasteiger charge is -2.20. The Labute approximate surface area is 233 Å². The number of rotatable bonds is 6. The van der Waals surface area contributed by atoms with E-state index < -0.39 is 28.8 Å². The van der Waals surface area contributed by atoms with Gasteiger partial charge in [0.05, 0.1) is 10.8 Å². The van der Waals surface area contributed by atoms with Crippen molar-refractivity contribution >= 4 is 40.9 Å². The number of hydrogen-bond donors (Lipinski definition) is 1. The number of thioether (sulfide) groups is 1. The molecular weight excluding hydrogens is 547 g/mol. The number of nitrogens with one attached hydrogen (secondary N) is 1. The average Bonchev–Trinajstić information content (AvgIpc) is 3.21. The fourth-order valence-corrected chi connectivity index (χ4v) is 5.55. The summed E-state index contributed by atoms with van der Waals surface area (Å²) in [7, 11) is 0. The average molecular weight is 570 g/mol. The molecule has 0 spiro atoms. The fourth-order valence-electron chi connectivity index (χ4n) is 4.06. The second kappa shape index (κ2) is 11.6. The van der Waals surface area contributed by atoms with Crippen LogP contribution in [0.5, 0.6) is 0 Å². The zero-order chi connectivity index (χ0) is 28.3. The molecule has 1 saturated heterocycles. The molecule has 4 rings (SSSR count). The van der Waals surface area contributed by atoms with Crippen molar-refractivity contribution in [3.05, 3.63) is 110 Å². The third-order valence-corrected chi connectivity index (χ3v) is 7.96. The Morgan fingerprint density at radius 2 is 1.79 bits per heavy atom. The van der Waals surface area contributed by atoms with Crippen LogP contribution in [0.1, 0.15) is 27.8 Å². The minimum atomic E-state index is -4.58. The molecule has 200 valence electrons. The van der Waals surface area contributed by atoms with Crippen LogP contribution in [0.15, 0.2) is 77.3 Å². The predicted octanol–water partition coefficient (Wildman–Crippen LogP) is 6.72. The maximum absolute atomic E-state index is 13.7. The fraction of sp³-hybridized carbons (Fsp3) is 0.207. The molecule has 3 aromatic carbocycles. The Hall–Kier alpha value is -3.74. The van der Waals surface area contributed by atoms with Crippen LogP contribution in [0.2, 0.25) is 5.02 Å². The zero-order valence-electron chi connectivity index (χ0n) is 21.0. The molecule has 1 fully saturated rings. The largest absolute Gasteiger partial charge is 0.416 e. The standard InChI is InChI=1S/C29H23ClF3N3O2S/c1-17-8-10-22(12-18(17)2)36-27(38)25(14-20-13-21(29(31,32)33)9-11-24(20)30)39-28(36)23(15-34)26(37)35-16-19-6-4-3-5-7-19/h3-13,25H,14,16H2,1-2H3,(H,35,37)/b28-23-. The predicted molar refractivity (Wildman–Crippen MR) is 146 cm³/mol. The highest BCUT2D eigenvalue weighted by atomic mass is 35.5. The van der Waals surface area contributed by atoms with Gasteiger partial charge in [0, 0.05) is 17.3 Å². The first-order valence-corrected chi connectivity index (χ1v) is 13.2. The highest BCUT2D eigenvalue weighted by Gasteiger charge is 2.41. The molecule has 39 heavy (non-hydrogen) atoms. The lowest BCUT2D eigenvalue weighted by atomic mass is 10.0. The summed E-state index contributed by atoms with van der Waals surface area (Å²) >= 11 is 7.17. The molecule has 0 bridgehead atoms. The second-order valence-electron chi connectivity index (χ2n) is 9.02. The SMILES string of the molecule is Cc1ccc(N2C(=O)C(Cc3cc(C(F)(F)F)ccc3Cl)S/C2=C(/C#N)C(=O)NCc2ccccc2)cc1C. The van der Waals surface area contributed by atoms with Gasteiger partial charge in [-0.05, 0) is 72.9 Å². The first-order valence-electron chi connectivity index (χ1n) is 11.9. The summed E-state index contributed by atoms with van der Waals surface area (Å²) in [6.07, 6.45) is -4.70. The Bertz CT molecular complexity index is 1500. The number of anilines is 1. The Kier molecular flexibility index (Phi) is 8.38. The highest BCUT2D eigenvalue weighted by Crippen LogP contribution is 2.43. The molecular formula is C29H23ClF3N3O2S. The van der Waals surface area contributed by atoms with E-state index in [1.165, 1.54) is 4.90 Å². The van der Waals surface area contributed by atoms with Gasteiger partial charge in [-0.25, -0.2) is 0 Å². The summed E-state index contributed by atoms with van der Waals surface area (Å²) < 4.78 is 40.0. The Balaban J connectivity index is 1.72. The maximum atomic E-state index is 13.7. The van der Waals surface area contributed by atoms with Crippen LogP contribution < -0.4 is 10.2 Å². The van der Waals surface area contributed by atoms with Gasteiger partial charge < -0.3 is 5.32 Å². The number of hydrogen-bond acceptors (Lipinski definition) is 4. The topological polar surface area (TPSA) is 73.2 Å². The number of carbonyl (C=O) groups excluding carboxylic acids is 2. The first kappa shape index (κ1) is 28.3. The molecule has 5 nitrogen and oxygen atoms in total. The number of nitriles is 1. The normalized spacial score (nSPS) is 16.7. The van der Waals surface area contributed by atoms with E-state index in [1.54, 1.807) is 12.1 Å². The van der Waals surface area contributed by atoms with Crippen molar-refractivity contribution < 1.29 is 22.8 Å². The van der Waals surface area contributed by atoms with E-state index in [0.29, 0.717) is 5.69 Å². The third kappa shape index (κ3) is 6.29. The molecule has 1 atom stereocenters. The summed E-state index contributed by atoms with van der Waals surface area (Å²) in [5, 5.41) is 12.0. The number of alkyl halides is 3. The van der Waals surface area contributed by atoms with Crippen LogP contribution >= 0.6 is 23.4 Å². The summed E-state index contributed by atoms with van der Waals surface area (Å²) in [6.45, 7) is 3.95. The van der Waals surface area contributed by atoms with Gasteiger partial charge in [0.25, 0.3) is 5.91 Å². The van der Waals surface area contributed by atoms with Crippen molar-refractivity contribution in [1.29, 1.82) is 5.26 Å². The van der Waals surface area contributed by atoms with Crippen LogP contribution in [-0.2, 0) is 28.7 Å². The summed E-state index contributed by atoms with van der Waals surface area (Å²) in [5.41, 5.74) is 2.15. The monoisotopic (exact) mass is 569 g/mol. The molecule has 1 unspecified atom stereocenters. The van der Waals surface area contributed by atoms with E-state index >= 15 is 0 Å².